The zero-order chi connectivity index (χ0) is 23.2. The van der Waals surface area contributed by atoms with E-state index in [0.717, 1.165) is 29.8 Å². The summed E-state index contributed by atoms with van der Waals surface area (Å²) in [4.78, 5) is 26.6. The number of para-hydroxylation sites is 1. The summed E-state index contributed by atoms with van der Waals surface area (Å²) in [5.74, 6) is -1.07. The molecule has 0 saturated carbocycles. The van der Waals surface area contributed by atoms with Crippen molar-refractivity contribution in [3.8, 4) is 0 Å². The third-order valence-corrected chi connectivity index (χ3v) is 6.23. The number of carbonyl (C=O) groups excluding carboxylic acids is 1. The van der Waals surface area contributed by atoms with Crippen molar-refractivity contribution >= 4 is 17.6 Å². The highest BCUT2D eigenvalue weighted by atomic mass is 16.4. The summed E-state index contributed by atoms with van der Waals surface area (Å²) in [7, 11) is 0. The van der Waals surface area contributed by atoms with Crippen LogP contribution in [0.25, 0.3) is 0 Å². The lowest BCUT2D eigenvalue weighted by atomic mass is 9.94. The van der Waals surface area contributed by atoms with Crippen LogP contribution in [0.1, 0.15) is 57.9 Å². The molecule has 0 spiro atoms. The van der Waals surface area contributed by atoms with Gasteiger partial charge >= 0.3 is 5.97 Å². The maximum atomic E-state index is 13.1. The SMILES string of the molecule is Cc1ccc(C(NC(=O)Cc2ccc(C(=O)O)cc2)c2ccccc2N2CCCCC2)cc1. The summed E-state index contributed by atoms with van der Waals surface area (Å²) in [6, 6.07) is 22.9. The van der Waals surface area contributed by atoms with Gasteiger partial charge in [-0.1, -0.05) is 60.2 Å². The lowest BCUT2D eigenvalue weighted by Gasteiger charge is -2.33. The maximum Gasteiger partial charge on any atom is 0.335 e. The van der Waals surface area contributed by atoms with E-state index in [0.29, 0.717) is 0 Å². The summed E-state index contributed by atoms with van der Waals surface area (Å²) in [6.45, 7) is 4.11. The number of carbonyl (C=O) groups is 2. The van der Waals surface area contributed by atoms with Crippen LogP contribution in [0.2, 0.25) is 0 Å². The quantitative estimate of drug-likeness (QED) is 0.532. The van der Waals surface area contributed by atoms with E-state index in [-0.39, 0.29) is 23.9 Å². The van der Waals surface area contributed by atoms with Gasteiger partial charge in [-0.3, -0.25) is 4.79 Å². The predicted octanol–water partition coefficient (Wildman–Crippen LogP) is 5.13. The molecule has 0 bridgehead atoms. The highest BCUT2D eigenvalue weighted by Crippen LogP contribution is 2.32. The van der Waals surface area contributed by atoms with Gasteiger partial charge in [-0.25, -0.2) is 4.79 Å². The molecule has 1 aliphatic heterocycles. The van der Waals surface area contributed by atoms with Crippen LogP contribution in [-0.2, 0) is 11.2 Å². The zero-order valence-electron chi connectivity index (χ0n) is 19.0. The fourth-order valence-electron chi connectivity index (χ4n) is 4.42. The third-order valence-electron chi connectivity index (χ3n) is 6.23. The van der Waals surface area contributed by atoms with Gasteiger partial charge in [-0.2, -0.15) is 0 Å². The minimum atomic E-state index is -0.972. The summed E-state index contributed by atoms with van der Waals surface area (Å²) >= 11 is 0. The van der Waals surface area contributed by atoms with Gasteiger partial charge in [-0.05, 0) is 55.5 Å². The Kier molecular flexibility index (Phi) is 7.08. The van der Waals surface area contributed by atoms with E-state index in [2.05, 4.69) is 59.6 Å². The molecule has 5 nitrogen and oxygen atoms in total. The Labute approximate surface area is 195 Å². The molecular formula is C28H30N2O3. The first kappa shape index (κ1) is 22.6. The molecule has 0 radical (unpaired) electrons. The van der Waals surface area contributed by atoms with Gasteiger partial charge in [0, 0.05) is 24.3 Å². The molecule has 1 unspecified atom stereocenters. The molecule has 1 aliphatic rings. The van der Waals surface area contributed by atoms with E-state index < -0.39 is 5.97 Å². The van der Waals surface area contributed by atoms with Crippen LogP contribution < -0.4 is 10.2 Å². The van der Waals surface area contributed by atoms with E-state index in [4.69, 9.17) is 5.11 Å². The Hall–Kier alpha value is -3.60. The first-order valence-electron chi connectivity index (χ1n) is 11.5. The second-order valence-electron chi connectivity index (χ2n) is 8.70. The number of benzene rings is 3. The molecule has 170 valence electrons. The van der Waals surface area contributed by atoms with Gasteiger partial charge in [0.15, 0.2) is 0 Å². The van der Waals surface area contributed by atoms with Crippen molar-refractivity contribution in [3.63, 3.8) is 0 Å². The van der Waals surface area contributed by atoms with Gasteiger partial charge in [0.2, 0.25) is 5.91 Å². The monoisotopic (exact) mass is 442 g/mol. The van der Waals surface area contributed by atoms with Crippen molar-refractivity contribution in [2.45, 2.75) is 38.6 Å². The molecule has 4 rings (SSSR count). The minimum absolute atomic E-state index is 0.0999. The summed E-state index contributed by atoms with van der Waals surface area (Å²) in [5.41, 5.74) is 5.48. The molecule has 5 heteroatoms. The highest BCUT2D eigenvalue weighted by molar-refractivity contribution is 5.88. The molecule has 0 aliphatic carbocycles. The molecular weight excluding hydrogens is 412 g/mol. The molecule has 33 heavy (non-hydrogen) atoms. The number of rotatable bonds is 7. The fourth-order valence-corrected chi connectivity index (χ4v) is 4.42. The van der Waals surface area contributed by atoms with Crippen molar-refractivity contribution in [1.29, 1.82) is 0 Å². The van der Waals surface area contributed by atoms with Gasteiger partial charge in [0.25, 0.3) is 0 Å². The van der Waals surface area contributed by atoms with E-state index >= 15 is 0 Å². The van der Waals surface area contributed by atoms with Crippen molar-refractivity contribution in [1.82, 2.24) is 5.32 Å². The number of nitrogens with zero attached hydrogens (tertiary/aromatic N) is 1. The van der Waals surface area contributed by atoms with Crippen molar-refractivity contribution in [3.05, 3.63) is 101 Å². The summed E-state index contributed by atoms with van der Waals surface area (Å²) < 4.78 is 0. The Balaban J connectivity index is 1.61. The number of carboxylic acids is 1. The van der Waals surface area contributed by atoms with Crippen LogP contribution >= 0.6 is 0 Å². The van der Waals surface area contributed by atoms with Crippen molar-refractivity contribution in [2.75, 3.05) is 18.0 Å². The normalized spacial score (nSPS) is 14.5. The first-order valence-corrected chi connectivity index (χ1v) is 11.5. The van der Waals surface area contributed by atoms with Gasteiger partial charge < -0.3 is 15.3 Å². The average molecular weight is 443 g/mol. The Morgan fingerprint density at radius 1 is 0.909 bits per heavy atom. The molecule has 1 fully saturated rings. The maximum absolute atomic E-state index is 13.1. The number of amides is 1. The lowest BCUT2D eigenvalue weighted by molar-refractivity contribution is -0.120. The zero-order valence-corrected chi connectivity index (χ0v) is 19.0. The largest absolute Gasteiger partial charge is 0.478 e. The molecule has 3 aromatic rings. The number of aryl methyl sites for hydroxylation is 1. The Morgan fingerprint density at radius 2 is 1.58 bits per heavy atom. The van der Waals surface area contributed by atoms with Crippen LogP contribution in [-0.4, -0.2) is 30.1 Å². The van der Waals surface area contributed by atoms with Crippen molar-refractivity contribution in [2.24, 2.45) is 0 Å². The van der Waals surface area contributed by atoms with Crippen molar-refractivity contribution < 1.29 is 14.7 Å². The van der Waals surface area contributed by atoms with E-state index in [1.54, 1.807) is 12.1 Å². The number of hydrogen-bond acceptors (Lipinski definition) is 3. The third kappa shape index (κ3) is 5.61. The van der Waals surface area contributed by atoms with Crippen LogP contribution in [0.4, 0.5) is 5.69 Å². The Bertz CT molecular complexity index is 1100. The van der Waals surface area contributed by atoms with Crippen LogP contribution in [0.15, 0.2) is 72.8 Å². The standard InChI is InChI=1S/C28H30N2O3/c1-20-9-13-22(14-10-20)27(24-7-3-4-8-25(24)30-17-5-2-6-18-30)29-26(31)19-21-11-15-23(16-12-21)28(32)33/h3-4,7-16,27H,2,5-6,17-19H2,1H3,(H,29,31)(H,32,33). The fraction of sp³-hybridized carbons (Fsp3) is 0.286. The second kappa shape index (κ2) is 10.3. The molecule has 1 heterocycles. The lowest BCUT2D eigenvalue weighted by Crippen LogP contribution is -2.34. The summed E-state index contributed by atoms with van der Waals surface area (Å²) in [6.07, 6.45) is 3.82. The topological polar surface area (TPSA) is 69.6 Å². The number of piperidine rings is 1. The molecule has 1 amide bonds. The second-order valence-corrected chi connectivity index (χ2v) is 8.70. The molecule has 0 aromatic heterocycles. The predicted molar refractivity (Wildman–Crippen MR) is 131 cm³/mol. The molecule has 1 atom stereocenters. The molecule has 1 saturated heterocycles. The summed E-state index contributed by atoms with van der Waals surface area (Å²) in [5, 5.41) is 12.4. The van der Waals surface area contributed by atoms with E-state index in [1.165, 1.54) is 42.6 Å². The van der Waals surface area contributed by atoms with Gasteiger partial charge in [-0.15, -0.1) is 0 Å². The minimum Gasteiger partial charge on any atom is -0.478 e. The van der Waals surface area contributed by atoms with Crippen LogP contribution in [0.5, 0.6) is 0 Å². The molecule has 3 aromatic carbocycles. The first-order chi connectivity index (χ1) is 16.0. The Morgan fingerprint density at radius 3 is 2.24 bits per heavy atom. The number of nitrogens with one attached hydrogen (secondary N) is 1. The molecule has 2 N–H and O–H groups in total. The highest BCUT2D eigenvalue weighted by Gasteiger charge is 2.23. The van der Waals surface area contributed by atoms with E-state index in [1.807, 2.05) is 6.07 Å². The van der Waals surface area contributed by atoms with Crippen LogP contribution in [0, 0.1) is 6.92 Å². The van der Waals surface area contributed by atoms with Gasteiger partial charge in [0.1, 0.15) is 0 Å². The number of carboxylic acid groups (broad SMARTS) is 1. The number of hydrogen-bond donors (Lipinski definition) is 2. The number of aromatic carboxylic acids is 1. The average Bonchev–Trinajstić information content (AvgIpc) is 2.84. The van der Waals surface area contributed by atoms with E-state index in [9.17, 15) is 9.59 Å². The smallest absolute Gasteiger partial charge is 0.335 e. The van der Waals surface area contributed by atoms with Gasteiger partial charge in [0.05, 0.1) is 18.0 Å². The number of anilines is 1. The van der Waals surface area contributed by atoms with Crippen LogP contribution in [0.3, 0.4) is 0 Å².